The maximum atomic E-state index is 14.3. The van der Waals surface area contributed by atoms with Crippen LogP contribution in [0.5, 0.6) is 0 Å². The zero-order chi connectivity index (χ0) is 28.4. The summed E-state index contributed by atoms with van der Waals surface area (Å²) in [5.41, 5.74) is 0.401. The van der Waals surface area contributed by atoms with Crippen molar-refractivity contribution in [2.24, 2.45) is 35.0 Å². The molecule has 4 aliphatic rings. The Hall–Kier alpha value is -3.25. The van der Waals surface area contributed by atoms with Gasteiger partial charge >= 0.3 is 11.9 Å². The van der Waals surface area contributed by atoms with Crippen LogP contribution in [0.3, 0.4) is 0 Å². The van der Waals surface area contributed by atoms with E-state index in [0.717, 1.165) is 12.0 Å². The third-order valence-corrected chi connectivity index (χ3v) is 10.2. The molecule has 0 radical (unpaired) electrons. The average Bonchev–Trinajstić information content (AvgIpc) is 3.26. The molecule has 0 unspecified atom stereocenters. The second-order valence-corrected chi connectivity index (χ2v) is 12.9. The van der Waals surface area contributed by atoms with E-state index >= 15 is 0 Å². The number of carbonyl (C=O) groups excluding carboxylic acids is 3. The minimum atomic E-state index is -1.23. The Balaban J connectivity index is 1.44. The van der Waals surface area contributed by atoms with E-state index in [-0.39, 0.29) is 35.1 Å². The minimum absolute atomic E-state index is 0.0181. The smallest absolute Gasteiger partial charge is 0.338 e. The molecule has 0 aromatic heterocycles. The minimum Gasteiger partial charge on any atom is -0.458 e. The predicted molar refractivity (Wildman–Crippen MR) is 149 cm³/mol. The molecule has 6 nitrogen and oxygen atoms in total. The quantitative estimate of drug-likeness (QED) is 0.345. The highest BCUT2D eigenvalue weighted by molar-refractivity contribution is 5.94. The molecular weight excluding hydrogens is 504 g/mol. The van der Waals surface area contributed by atoms with Gasteiger partial charge in [0.1, 0.15) is 17.8 Å². The van der Waals surface area contributed by atoms with Gasteiger partial charge in [0, 0.05) is 5.92 Å². The van der Waals surface area contributed by atoms with E-state index in [1.165, 1.54) is 0 Å². The maximum Gasteiger partial charge on any atom is 0.338 e. The molecule has 9 atom stereocenters. The van der Waals surface area contributed by atoms with Gasteiger partial charge in [-0.15, -0.1) is 0 Å². The van der Waals surface area contributed by atoms with E-state index < -0.39 is 35.7 Å². The fourth-order valence-electron chi connectivity index (χ4n) is 8.08. The lowest BCUT2D eigenvalue weighted by Crippen LogP contribution is -2.52. The first-order chi connectivity index (χ1) is 19.1. The van der Waals surface area contributed by atoms with Gasteiger partial charge in [0.25, 0.3) is 0 Å². The van der Waals surface area contributed by atoms with E-state index in [0.29, 0.717) is 29.9 Å². The van der Waals surface area contributed by atoms with Crippen molar-refractivity contribution >= 4 is 17.7 Å². The first-order valence-corrected chi connectivity index (χ1v) is 14.5. The number of hydrogen-bond donors (Lipinski definition) is 0. The highest BCUT2D eigenvalue weighted by atomic mass is 16.6. The molecule has 40 heavy (non-hydrogen) atoms. The number of benzene rings is 2. The number of Topliss-reactive ketones (excluding diaryl/α,β-unsaturated/α-hetero) is 1. The Morgan fingerprint density at radius 1 is 0.900 bits per heavy atom. The van der Waals surface area contributed by atoms with Gasteiger partial charge in [0.15, 0.2) is 5.78 Å². The summed E-state index contributed by atoms with van der Waals surface area (Å²) in [7, 11) is 0. The zero-order valence-corrected chi connectivity index (χ0v) is 23.7. The van der Waals surface area contributed by atoms with Crippen LogP contribution in [-0.4, -0.2) is 41.6 Å². The SMILES string of the molecule is C=C1CC[C@H]2[C@@H]([C@@H]3O[C@]4(C[C@H](C)[C@H](OC(=O)c5ccccc5)[C@@H]4[C@H]1OC(=O)c1ccccc1)C(=O)[C@@H]3C)C2(C)C. The van der Waals surface area contributed by atoms with Crippen LogP contribution >= 0.6 is 0 Å². The van der Waals surface area contributed by atoms with Crippen molar-refractivity contribution in [2.75, 3.05) is 0 Å². The number of hydrogen-bond acceptors (Lipinski definition) is 6. The third kappa shape index (κ3) is 4.14. The normalized spacial score (nSPS) is 37.7. The van der Waals surface area contributed by atoms with Crippen LogP contribution in [0, 0.1) is 35.0 Å². The number of rotatable bonds is 4. The number of ketones is 1. The number of fused-ring (bicyclic) bond motifs is 3. The van der Waals surface area contributed by atoms with Crippen molar-refractivity contribution in [3.05, 3.63) is 83.9 Å². The molecule has 2 aromatic rings. The standard InChI is InChI=1S/C34H38O6/c1-19-16-17-24-25(33(24,4)5)29-21(3)30(35)34(40-29)18-20(2)28(39-32(37)23-14-10-7-11-15-23)26(34)27(19)38-31(36)22-12-8-6-9-13-22/h6-15,20-21,24-29H,1,16-18H2,2-5H3/t20-,21+,24-,25-,26-,27-,28-,29+,34-/m0/s1. The van der Waals surface area contributed by atoms with E-state index in [2.05, 4.69) is 20.4 Å². The maximum absolute atomic E-state index is 14.3. The van der Waals surface area contributed by atoms with Crippen molar-refractivity contribution < 1.29 is 28.6 Å². The topological polar surface area (TPSA) is 78.9 Å². The fourth-order valence-corrected chi connectivity index (χ4v) is 8.08. The second-order valence-electron chi connectivity index (χ2n) is 12.9. The van der Waals surface area contributed by atoms with Crippen LogP contribution in [0.4, 0.5) is 0 Å². The molecular formula is C34H38O6. The zero-order valence-electron chi connectivity index (χ0n) is 23.7. The molecule has 0 N–H and O–H groups in total. The van der Waals surface area contributed by atoms with E-state index in [1.54, 1.807) is 48.5 Å². The summed E-state index contributed by atoms with van der Waals surface area (Å²) in [6, 6.07) is 17.7. The Labute approximate surface area is 236 Å². The molecule has 2 aliphatic carbocycles. The summed E-state index contributed by atoms with van der Waals surface area (Å²) >= 11 is 0. The monoisotopic (exact) mass is 542 g/mol. The molecule has 6 heteroatoms. The van der Waals surface area contributed by atoms with Crippen molar-refractivity contribution in [3.8, 4) is 0 Å². The van der Waals surface area contributed by atoms with Crippen LogP contribution in [-0.2, 0) is 19.0 Å². The lowest BCUT2D eigenvalue weighted by molar-refractivity contribution is -0.151. The first kappa shape index (κ1) is 26.9. The molecule has 2 saturated carbocycles. The largest absolute Gasteiger partial charge is 0.458 e. The van der Waals surface area contributed by atoms with Crippen LogP contribution in [0.25, 0.3) is 0 Å². The molecule has 2 aliphatic heterocycles. The van der Waals surface area contributed by atoms with Crippen molar-refractivity contribution in [1.82, 2.24) is 0 Å². The van der Waals surface area contributed by atoms with Crippen LogP contribution in [0.15, 0.2) is 72.8 Å². The molecule has 2 saturated heterocycles. The summed E-state index contributed by atoms with van der Waals surface area (Å²) < 4.78 is 19.4. The highest BCUT2D eigenvalue weighted by Crippen LogP contribution is 2.67. The Bertz CT molecular complexity index is 1330. The van der Waals surface area contributed by atoms with Crippen LogP contribution < -0.4 is 0 Å². The second kappa shape index (κ2) is 9.69. The van der Waals surface area contributed by atoms with Crippen LogP contribution in [0.2, 0.25) is 0 Å². The Kier molecular flexibility index (Phi) is 6.53. The highest BCUT2D eigenvalue weighted by Gasteiger charge is 2.73. The van der Waals surface area contributed by atoms with Gasteiger partial charge in [-0.1, -0.05) is 70.7 Å². The number of esters is 2. The lowest BCUT2D eigenvalue weighted by Gasteiger charge is -2.38. The van der Waals surface area contributed by atoms with E-state index in [9.17, 15) is 14.4 Å². The number of ether oxygens (including phenoxy) is 3. The molecule has 0 amide bonds. The summed E-state index contributed by atoms with van der Waals surface area (Å²) in [6.07, 6.45) is 0.166. The molecule has 6 rings (SSSR count). The van der Waals surface area contributed by atoms with Crippen molar-refractivity contribution in [1.29, 1.82) is 0 Å². The van der Waals surface area contributed by atoms with Crippen LogP contribution in [0.1, 0.15) is 67.7 Å². The van der Waals surface area contributed by atoms with Gasteiger partial charge in [-0.3, -0.25) is 4.79 Å². The van der Waals surface area contributed by atoms with E-state index in [4.69, 9.17) is 14.2 Å². The van der Waals surface area contributed by atoms with Gasteiger partial charge < -0.3 is 14.2 Å². The molecule has 4 fully saturated rings. The summed E-state index contributed by atoms with van der Waals surface area (Å²) in [5.74, 6) is -1.48. The van der Waals surface area contributed by atoms with Crippen molar-refractivity contribution in [3.63, 3.8) is 0 Å². The molecule has 2 aromatic carbocycles. The first-order valence-electron chi connectivity index (χ1n) is 14.5. The third-order valence-electron chi connectivity index (χ3n) is 10.2. The summed E-state index contributed by atoms with van der Waals surface area (Å²) in [5, 5.41) is 0. The Morgan fingerprint density at radius 3 is 2.08 bits per heavy atom. The molecule has 1 spiro atoms. The van der Waals surface area contributed by atoms with Gasteiger partial charge in [0.2, 0.25) is 0 Å². The van der Waals surface area contributed by atoms with Gasteiger partial charge in [-0.25, -0.2) is 9.59 Å². The summed E-state index contributed by atoms with van der Waals surface area (Å²) in [6.45, 7) is 12.9. The summed E-state index contributed by atoms with van der Waals surface area (Å²) in [4.78, 5) is 41.1. The van der Waals surface area contributed by atoms with E-state index in [1.807, 2.05) is 26.0 Å². The predicted octanol–water partition coefficient (Wildman–Crippen LogP) is 6.06. The van der Waals surface area contributed by atoms with Gasteiger partial charge in [-0.2, -0.15) is 0 Å². The van der Waals surface area contributed by atoms with Gasteiger partial charge in [0.05, 0.1) is 23.1 Å². The molecule has 2 bridgehead atoms. The molecule has 210 valence electrons. The van der Waals surface area contributed by atoms with Gasteiger partial charge in [-0.05, 0) is 72.3 Å². The Morgan fingerprint density at radius 2 is 1.48 bits per heavy atom. The molecule has 2 heterocycles. The number of carbonyl (C=O) groups is 3. The lowest BCUT2D eigenvalue weighted by atomic mass is 9.77. The fraction of sp³-hybridized carbons (Fsp3) is 0.500. The average molecular weight is 543 g/mol. The van der Waals surface area contributed by atoms with Crippen molar-refractivity contribution in [2.45, 2.75) is 70.9 Å².